The number of nitro benzene ring substituents is 2. The first-order valence-corrected chi connectivity index (χ1v) is 11.6. The van der Waals surface area contributed by atoms with Crippen molar-refractivity contribution in [2.45, 2.75) is 0 Å². The topological polar surface area (TPSA) is 113 Å². The number of methoxy groups -OCH3 is 1. The second-order valence-electron chi connectivity index (χ2n) is 7.38. The largest absolute Gasteiger partial charge is 0.465 e. The summed E-state index contributed by atoms with van der Waals surface area (Å²) in [5.41, 5.74) is 3.40. The number of ether oxygens (including phenoxy) is 1. The molecule has 0 saturated carbocycles. The Morgan fingerprint density at radius 2 is 1.59 bits per heavy atom. The lowest BCUT2D eigenvalue weighted by molar-refractivity contribution is -0.385. The molecule has 3 aromatic rings. The maximum atomic E-state index is 12.6. The van der Waals surface area contributed by atoms with Gasteiger partial charge >= 0.3 is 5.97 Å². The van der Waals surface area contributed by atoms with E-state index in [9.17, 15) is 25.0 Å². The minimum Gasteiger partial charge on any atom is -0.465 e. The lowest BCUT2D eigenvalue weighted by Gasteiger charge is -2.09. The van der Waals surface area contributed by atoms with Gasteiger partial charge in [0, 0.05) is 40.3 Å². The molecule has 1 heterocycles. The molecule has 0 fully saturated rings. The van der Waals surface area contributed by atoms with Crippen molar-refractivity contribution in [2.24, 2.45) is 0 Å². The third-order valence-electron chi connectivity index (χ3n) is 5.50. The maximum Gasteiger partial charge on any atom is 0.338 e. The smallest absolute Gasteiger partial charge is 0.338 e. The van der Waals surface area contributed by atoms with Gasteiger partial charge in [0.2, 0.25) is 0 Å². The summed E-state index contributed by atoms with van der Waals surface area (Å²) >= 11 is 2.93. The van der Waals surface area contributed by atoms with Crippen molar-refractivity contribution in [2.75, 3.05) is 7.11 Å². The highest BCUT2D eigenvalue weighted by Gasteiger charge is 2.35. The summed E-state index contributed by atoms with van der Waals surface area (Å²) in [7, 11) is 1.21. The minimum absolute atomic E-state index is 0.0432. The van der Waals surface area contributed by atoms with Gasteiger partial charge in [-0.2, -0.15) is 0 Å². The molecule has 0 spiro atoms. The third-order valence-corrected chi connectivity index (χ3v) is 7.92. The number of thioether (sulfide) groups is 2. The van der Waals surface area contributed by atoms with E-state index in [0.717, 1.165) is 14.7 Å². The van der Waals surface area contributed by atoms with Crippen LogP contribution in [-0.4, -0.2) is 22.9 Å². The molecule has 0 amide bonds. The standard InChI is InChI=1S/C24H14N2O6S2/c1-32-23(27)19-11-15(26(30)31)10-18-21(19)16-8-7-14(25(28)29)9-17(16)22(18)24-33-12-20(34-24)13-5-3-2-4-6-13/h2-12H,1H3/b24-22+. The molecule has 0 aromatic heterocycles. The van der Waals surface area contributed by atoms with Gasteiger partial charge in [-0.1, -0.05) is 53.9 Å². The molecule has 1 aliphatic carbocycles. The van der Waals surface area contributed by atoms with E-state index in [4.69, 9.17) is 4.74 Å². The average Bonchev–Trinajstić information content (AvgIpc) is 3.45. The Morgan fingerprint density at radius 3 is 2.26 bits per heavy atom. The summed E-state index contributed by atoms with van der Waals surface area (Å²) in [5.74, 6) is -0.717. The molecule has 0 bridgehead atoms. The maximum absolute atomic E-state index is 12.6. The van der Waals surface area contributed by atoms with E-state index in [1.165, 1.54) is 54.9 Å². The van der Waals surface area contributed by atoms with Gasteiger partial charge in [0.15, 0.2) is 0 Å². The first kappa shape index (κ1) is 21.9. The summed E-state index contributed by atoms with van der Waals surface area (Å²) in [5, 5.41) is 25.2. The second kappa shape index (κ2) is 8.47. The van der Waals surface area contributed by atoms with Crippen molar-refractivity contribution in [1.82, 2.24) is 0 Å². The van der Waals surface area contributed by atoms with Crippen LogP contribution < -0.4 is 0 Å². The Kier molecular flexibility index (Phi) is 5.46. The molecule has 3 aromatic carbocycles. The van der Waals surface area contributed by atoms with Gasteiger partial charge in [-0.3, -0.25) is 20.2 Å². The van der Waals surface area contributed by atoms with Gasteiger partial charge < -0.3 is 4.74 Å². The van der Waals surface area contributed by atoms with E-state index in [0.29, 0.717) is 27.8 Å². The number of esters is 1. The molecule has 0 atom stereocenters. The van der Waals surface area contributed by atoms with Crippen molar-refractivity contribution in [1.29, 1.82) is 0 Å². The highest BCUT2D eigenvalue weighted by molar-refractivity contribution is 8.31. The van der Waals surface area contributed by atoms with Gasteiger partial charge in [0.05, 0.1) is 26.8 Å². The van der Waals surface area contributed by atoms with Crippen LogP contribution in [0.1, 0.15) is 27.0 Å². The van der Waals surface area contributed by atoms with E-state index in [1.54, 1.807) is 6.07 Å². The summed E-state index contributed by atoms with van der Waals surface area (Å²) < 4.78 is 5.72. The van der Waals surface area contributed by atoms with Gasteiger partial charge in [-0.25, -0.2) is 4.79 Å². The van der Waals surface area contributed by atoms with Crippen LogP contribution in [0.25, 0.3) is 21.6 Å². The van der Waals surface area contributed by atoms with Crippen LogP contribution in [0, 0.1) is 20.2 Å². The lowest BCUT2D eigenvalue weighted by atomic mass is 9.98. The monoisotopic (exact) mass is 490 g/mol. The number of non-ortho nitro benzene ring substituents is 2. The zero-order chi connectivity index (χ0) is 24.0. The Balaban J connectivity index is 1.77. The van der Waals surface area contributed by atoms with Crippen LogP contribution in [0.4, 0.5) is 11.4 Å². The molecule has 8 nitrogen and oxygen atoms in total. The second-order valence-corrected chi connectivity index (χ2v) is 9.57. The summed E-state index contributed by atoms with van der Waals surface area (Å²) in [4.78, 5) is 35.7. The molecular formula is C24H14N2O6S2. The molecule has 10 heteroatoms. The molecule has 34 heavy (non-hydrogen) atoms. The zero-order valence-corrected chi connectivity index (χ0v) is 19.1. The summed E-state index contributed by atoms with van der Waals surface area (Å²) in [6.45, 7) is 0. The SMILES string of the molecule is COC(=O)c1cc([N+](=O)[O-])cc2c1-c1ccc([N+](=O)[O-])cc1/C2=C1/SC=C(c2ccccc2)S1. The van der Waals surface area contributed by atoms with Gasteiger partial charge in [-0.15, -0.1) is 0 Å². The quantitative estimate of drug-likeness (QED) is 0.182. The van der Waals surface area contributed by atoms with Crippen LogP contribution in [0.2, 0.25) is 0 Å². The third kappa shape index (κ3) is 3.57. The molecule has 0 saturated heterocycles. The number of carbonyl (C=O) groups excluding carboxylic acids is 1. The number of carbonyl (C=O) groups is 1. The summed E-state index contributed by atoms with van der Waals surface area (Å²) in [6.07, 6.45) is 0. The first-order chi connectivity index (χ1) is 16.4. The van der Waals surface area contributed by atoms with Crippen LogP contribution in [0.5, 0.6) is 0 Å². The van der Waals surface area contributed by atoms with Gasteiger partial charge in [0.25, 0.3) is 11.4 Å². The molecule has 0 N–H and O–H groups in total. The Bertz CT molecular complexity index is 1460. The van der Waals surface area contributed by atoms with Crippen molar-refractivity contribution in [3.63, 3.8) is 0 Å². The number of nitro groups is 2. The number of nitrogens with zero attached hydrogens (tertiary/aromatic N) is 2. The number of benzene rings is 3. The number of hydrogen-bond donors (Lipinski definition) is 0. The fourth-order valence-corrected chi connectivity index (χ4v) is 6.43. The molecular weight excluding hydrogens is 476 g/mol. The van der Waals surface area contributed by atoms with E-state index < -0.39 is 15.8 Å². The van der Waals surface area contributed by atoms with Gasteiger partial charge in [-0.05, 0) is 33.7 Å². The molecule has 2 aliphatic rings. The minimum atomic E-state index is -0.717. The van der Waals surface area contributed by atoms with E-state index in [1.807, 2.05) is 35.7 Å². The predicted octanol–water partition coefficient (Wildman–Crippen LogP) is 6.47. The normalized spacial score (nSPS) is 16.0. The highest BCUT2D eigenvalue weighted by atomic mass is 32.2. The van der Waals surface area contributed by atoms with Crippen LogP contribution in [-0.2, 0) is 4.74 Å². The number of rotatable bonds is 4. The molecule has 0 unspecified atom stereocenters. The number of hydrogen-bond acceptors (Lipinski definition) is 8. The lowest BCUT2D eigenvalue weighted by Crippen LogP contribution is -2.05. The molecule has 0 radical (unpaired) electrons. The zero-order valence-electron chi connectivity index (χ0n) is 17.5. The van der Waals surface area contributed by atoms with Crippen molar-refractivity contribution >= 4 is 51.3 Å². The Labute approximate surface area is 201 Å². The molecule has 168 valence electrons. The average molecular weight is 491 g/mol. The fraction of sp³-hybridized carbons (Fsp3) is 0.0417. The van der Waals surface area contributed by atoms with E-state index >= 15 is 0 Å². The van der Waals surface area contributed by atoms with Crippen molar-refractivity contribution < 1.29 is 19.4 Å². The first-order valence-electron chi connectivity index (χ1n) is 9.93. The van der Waals surface area contributed by atoms with E-state index in [-0.39, 0.29) is 16.9 Å². The molecule has 1 aliphatic heterocycles. The summed E-state index contributed by atoms with van der Waals surface area (Å²) in [6, 6.07) is 16.7. The Morgan fingerprint density at radius 1 is 0.882 bits per heavy atom. The van der Waals surface area contributed by atoms with Crippen molar-refractivity contribution in [3.05, 3.63) is 113 Å². The van der Waals surface area contributed by atoms with Gasteiger partial charge in [0.1, 0.15) is 0 Å². The molecule has 5 rings (SSSR count). The Hall–Kier alpha value is -3.89. The predicted molar refractivity (Wildman–Crippen MR) is 132 cm³/mol. The van der Waals surface area contributed by atoms with Crippen LogP contribution in [0.3, 0.4) is 0 Å². The van der Waals surface area contributed by atoms with Crippen LogP contribution in [0.15, 0.2) is 70.3 Å². The van der Waals surface area contributed by atoms with E-state index in [2.05, 4.69) is 0 Å². The number of fused-ring (bicyclic) bond motifs is 3. The van der Waals surface area contributed by atoms with Crippen LogP contribution >= 0.6 is 23.5 Å². The van der Waals surface area contributed by atoms with Crippen molar-refractivity contribution in [3.8, 4) is 11.1 Å². The fourth-order valence-electron chi connectivity index (χ4n) is 4.02. The highest BCUT2D eigenvalue weighted by Crippen LogP contribution is 2.58.